The molecule has 0 radical (unpaired) electrons. The minimum Gasteiger partial charge on any atom is -0.271 e. The van der Waals surface area contributed by atoms with Crippen LogP contribution >= 0.6 is 0 Å². The largest absolute Gasteiger partial charge is 0.271 e. The zero-order chi connectivity index (χ0) is 8.27. The molecule has 66 valence electrons. The van der Waals surface area contributed by atoms with Gasteiger partial charge in [0.2, 0.25) is 0 Å². The zero-order valence-electron chi connectivity index (χ0n) is 7.64. The first-order valence-electron chi connectivity index (χ1n) is 4.70. The Balaban J connectivity index is 2.33. The van der Waals surface area contributed by atoms with Crippen LogP contribution in [-0.2, 0) is 0 Å². The predicted molar refractivity (Wildman–Crippen MR) is 47.9 cm³/mol. The second kappa shape index (κ2) is 4.07. The summed E-state index contributed by atoms with van der Waals surface area (Å²) in [7, 11) is 0. The maximum atomic E-state index is 5.40. The number of hydrogen-bond acceptors (Lipinski definition) is 2. The van der Waals surface area contributed by atoms with Crippen molar-refractivity contribution in [1.82, 2.24) is 5.43 Å². The molecule has 0 heterocycles. The lowest BCUT2D eigenvalue weighted by atomic mass is 9.79. The third kappa shape index (κ3) is 2.46. The summed E-state index contributed by atoms with van der Waals surface area (Å²) in [5.74, 6) is 7.11. The van der Waals surface area contributed by atoms with Gasteiger partial charge in [0.25, 0.3) is 0 Å². The second-order valence-corrected chi connectivity index (χ2v) is 3.99. The SMILES string of the molecule is CC1CCCC(C(C)NN)C1. The topological polar surface area (TPSA) is 38.0 Å². The van der Waals surface area contributed by atoms with Gasteiger partial charge in [-0.1, -0.05) is 19.8 Å². The minimum atomic E-state index is 0.498. The van der Waals surface area contributed by atoms with Gasteiger partial charge in [-0.25, -0.2) is 0 Å². The van der Waals surface area contributed by atoms with E-state index in [1.807, 2.05) is 0 Å². The van der Waals surface area contributed by atoms with Gasteiger partial charge >= 0.3 is 0 Å². The van der Waals surface area contributed by atoms with Gasteiger partial charge in [-0.15, -0.1) is 0 Å². The van der Waals surface area contributed by atoms with Gasteiger partial charge in [0.1, 0.15) is 0 Å². The lowest BCUT2D eigenvalue weighted by Gasteiger charge is -2.30. The Kier molecular flexibility index (Phi) is 3.34. The fourth-order valence-electron chi connectivity index (χ4n) is 2.07. The van der Waals surface area contributed by atoms with E-state index < -0.39 is 0 Å². The summed E-state index contributed by atoms with van der Waals surface area (Å²) in [6, 6.07) is 0.498. The van der Waals surface area contributed by atoms with Gasteiger partial charge in [0.15, 0.2) is 0 Å². The van der Waals surface area contributed by atoms with Gasteiger partial charge < -0.3 is 0 Å². The molecule has 1 rings (SSSR count). The van der Waals surface area contributed by atoms with Crippen molar-refractivity contribution in [1.29, 1.82) is 0 Å². The molecule has 1 aliphatic carbocycles. The van der Waals surface area contributed by atoms with E-state index in [-0.39, 0.29) is 0 Å². The highest BCUT2D eigenvalue weighted by Crippen LogP contribution is 2.30. The quantitative estimate of drug-likeness (QED) is 0.471. The summed E-state index contributed by atoms with van der Waals surface area (Å²) in [5.41, 5.74) is 2.86. The van der Waals surface area contributed by atoms with Crippen LogP contribution in [-0.4, -0.2) is 6.04 Å². The van der Waals surface area contributed by atoms with Crippen molar-refractivity contribution in [2.24, 2.45) is 17.7 Å². The van der Waals surface area contributed by atoms with E-state index in [4.69, 9.17) is 5.84 Å². The molecule has 0 aromatic rings. The van der Waals surface area contributed by atoms with E-state index in [9.17, 15) is 0 Å². The van der Waals surface area contributed by atoms with Crippen molar-refractivity contribution in [2.75, 3.05) is 0 Å². The number of nitrogens with two attached hydrogens (primary N) is 1. The molecule has 2 nitrogen and oxygen atoms in total. The Morgan fingerprint density at radius 1 is 1.45 bits per heavy atom. The highest BCUT2D eigenvalue weighted by molar-refractivity contribution is 4.76. The molecule has 0 aromatic carbocycles. The second-order valence-electron chi connectivity index (χ2n) is 3.99. The Bertz CT molecular complexity index is 114. The summed E-state index contributed by atoms with van der Waals surface area (Å²) in [6.45, 7) is 4.53. The number of rotatable bonds is 2. The molecule has 2 heteroatoms. The molecule has 1 aliphatic rings. The fraction of sp³-hybridized carbons (Fsp3) is 1.00. The number of hydrogen-bond donors (Lipinski definition) is 2. The average Bonchev–Trinajstić information content (AvgIpc) is 2.03. The van der Waals surface area contributed by atoms with Crippen molar-refractivity contribution in [3.8, 4) is 0 Å². The van der Waals surface area contributed by atoms with Gasteiger partial charge in [-0.05, 0) is 31.6 Å². The molecule has 1 fully saturated rings. The normalized spacial score (nSPS) is 35.2. The van der Waals surface area contributed by atoms with Crippen LogP contribution in [0.5, 0.6) is 0 Å². The van der Waals surface area contributed by atoms with Crippen molar-refractivity contribution >= 4 is 0 Å². The molecule has 0 amide bonds. The van der Waals surface area contributed by atoms with Gasteiger partial charge in [0, 0.05) is 6.04 Å². The lowest BCUT2D eigenvalue weighted by Crippen LogP contribution is -2.40. The Hall–Kier alpha value is -0.0800. The molecule has 0 bridgehead atoms. The molecule has 1 saturated carbocycles. The minimum absolute atomic E-state index is 0.498. The summed E-state index contributed by atoms with van der Waals surface area (Å²) < 4.78 is 0. The number of nitrogens with one attached hydrogen (secondary N) is 1. The number of hydrazine groups is 1. The summed E-state index contributed by atoms with van der Waals surface area (Å²) in [5, 5.41) is 0. The van der Waals surface area contributed by atoms with Crippen LogP contribution in [0.15, 0.2) is 0 Å². The fourth-order valence-corrected chi connectivity index (χ4v) is 2.07. The van der Waals surface area contributed by atoms with Crippen molar-refractivity contribution in [2.45, 2.75) is 45.6 Å². The molecular formula is C9H20N2. The van der Waals surface area contributed by atoms with Crippen LogP contribution in [0.1, 0.15) is 39.5 Å². The highest BCUT2D eigenvalue weighted by Gasteiger charge is 2.22. The molecular weight excluding hydrogens is 136 g/mol. The van der Waals surface area contributed by atoms with Crippen LogP contribution in [0.3, 0.4) is 0 Å². The molecule has 3 N–H and O–H groups in total. The smallest absolute Gasteiger partial charge is 0.0210 e. The Morgan fingerprint density at radius 2 is 2.18 bits per heavy atom. The first-order valence-corrected chi connectivity index (χ1v) is 4.70. The van der Waals surface area contributed by atoms with Gasteiger partial charge in [-0.3, -0.25) is 11.3 Å². The molecule has 3 unspecified atom stereocenters. The van der Waals surface area contributed by atoms with E-state index in [1.54, 1.807) is 0 Å². The summed E-state index contributed by atoms with van der Waals surface area (Å²) in [4.78, 5) is 0. The molecule has 0 saturated heterocycles. The predicted octanol–water partition coefficient (Wildman–Crippen LogP) is 1.66. The maximum absolute atomic E-state index is 5.40. The zero-order valence-corrected chi connectivity index (χ0v) is 7.64. The molecule has 3 atom stereocenters. The van der Waals surface area contributed by atoms with Crippen LogP contribution in [0.4, 0.5) is 0 Å². The van der Waals surface area contributed by atoms with Gasteiger partial charge in [0.05, 0.1) is 0 Å². The van der Waals surface area contributed by atoms with Crippen LogP contribution in [0, 0.1) is 11.8 Å². The Labute approximate surface area is 69.5 Å². The molecule has 0 aliphatic heterocycles. The lowest BCUT2D eigenvalue weighted by molar-refractivity contribution is 0.232. The van der Waals surface area contributed by atoms with Crippen LogP contribution in [0.2, 0.25) is 0 Å². The first-order chi connectivity index (χ1) is 5.24. The van der Waals surface area contributed by atoms with E-state index >= 15 is 0 Å². The van der Waals surface area contributed by atoms with Crippen molar-refractivity contribution in [3.05, 3.63) is 0 Å². The monoisotopic (exact) mass is 156 g/mol. The van der Waals surface area contributed by atoms with E-state index in [0.29, 0.717) is 6.04 Å². The van der Waals surface area contributed by atoms with Crippen molar-refractivity contribution < 1.29 is 0 Å². The third-order valence-corrected chi connectivity index (χ3v) is 2.95. The molecule has 0 spiro atoms. The van der Waals surface area contributed by atoms with Crippen LogP contribution < -0.4 is 11.3 Å². The van der Waals surface area contributed by atoms with E-state index in [2.05, 4.69) is 19.3 Å². The maximum Gasteiger partial charge on any atom is 0.0210 e. The van der Waals surface area contributed by atoms with E-state index in [1.165, 1.54) is 25.7 Å². The highest BCUT2D eigenvalue weighted by atomic mass is 15.2. The Morgan fingerprint density at radius 3 is 2.73 bits per heavy atom. The van der Waals surface area contributed by atoms with Gasteiger partial charge in [-0.2, -0.15) is 0 Å². The van der Waals surface area contributed by atoms with Crippen LogP contribution in [0.25, 0.3) is 0 Å². The van der Waals surface area contributed by atoms with E-state index in [0.717, 1.165) is 11.8 Å². The molecule has 0 aromatic heterocycles. The first kappa shape index (κ1) is 9.01. The molecule has 11 heavy (non-hydrogen) atoms. The summed E-state index contributed by atoms with van der Waals surface area (Å²) in [6.07, 6.45) is 5.51. The average molecular weight is 156 g/mol. The summed E-state index contributed by atoms with van der Waals surface area (Å²) >= 11 is 0. The van der Waals surface area contributed by atoms with Crippen molar-refractivity contribution in [3.63, 3.8) is 0 Å². The standard InChI is InChI=1S/C9H20N2/c1-7-4-3-5-9(6-7)8(2)11-10/h7-9,11H,3-6,10H2,1-2H3. The third-order valence-electron chi connectivity index (χ3n) is 2.95.